The van der Waals surface area contributed by atoms with Crippen LogP contribution in [0.5, 0.6) is 0 Å². The number of hydrogen-bond acceptors (Lipinski definition) is 2. The molecule has 0 aliphatic rings. The molecule has 0 aliphatic heterocycles. The van der Waals surface area contributed by atoms with E-state index in [1.54, 1.807) is 6.20 Å². The van der Waals surface area contributed by atoms with E-state index < -0.39 is 0 Å². The minimum absolute atomic E-state index is 0. The first-order valence-electron chi connectivity index (χ1n) is 2.63. The summed E-state index contributed by atoms with van der Waals surface area (Å²) in [6.45, 7) is 0.499. The Morgan fingerprint density at radius 3 is 2.45 bits per heavy atom. The molecule has 0 bridgehead atoms. The molecule has 11 heavy (non-hydrogen) atoms. The van der Waals surface area contributed by atoms with Gasteiger partial charge in [0.2, 0.25) is 0 Å². The molecule has 0 aromatic carbocycles. The normalized spacial score (nSPS) is 7.82. The molecule has 1 rings (SSSR count). The topological polar surface area (TPSA) is 38.9 Å². The summed E-state index contributed by atoms with van der Waals surface area (Å²) < 4.78 is 1.03. The standard InChI is InChI=1S/C6H7BrN2.2ClH/c7-5-1-2-9-6(3-5)4-8;;/h1-3H,4,8H2;2*1H. The van der Waals surface area contributed by atoms with Crippen LogP contribution in [0.2, 0.25) is 0 Å². The van der Waals surface area contributed by atoms with Gasteiger partial charge in [-0.25, -0.2) is 0 Å². The van der Waals surface area contributed by atoms with Gasteiger partial charge in [0.1, 0.15) is 0 Å². The van der Waals surface area contributed by atoms with Gasteiger partial charge in [-0.15, -0.1) is 24.8 Å². The second-order valence-corrected chi connectivity index (χ2v) is 2.59. The number of aromatic nitrogens is 1. The zero-order valence-electron chi connectivity index (χ0n) is 5.66. The van der Waals surface area contributed by atoms with Crippen LogP contribution >= 0.6 is 40.7 Å². The molecule has 64 valence electrons. The highest BCUT2D eigenvalue weighted by molar-refractivity contribution is 9.10. The van der Waals surface area contributed by atoms with Crippen LogP contribution in [-0.4, -0.2) is 4.98 Å². The van der Waals surface area contributed by atoms with E-state index in [-0.39, 0.29) is 24.8 Å². The van der Waals surface area contributed by atoms with E-state index in [4.69, 9.17) is 5.73 Å². The first-order valence-corrected chi connectivity index (χ1v) is 3.42. The fraction of sp³-hybridized carbons (Fsp3) is 0.167. The van der Waals surface area contributed by atoms with Gasteiger partial charge in [0.25, 0.3) is 0 Å². The van der Waals surface area contributed by atoms with Crippen molar-refractivity contribution >= 4 is 40.7 Å². The summed E-state index contributed by atoms with van der Waals surface area (Å²) in [7, 11) is 0. The third kappa shape index (κ3) is 4.58. The average Bonchev–Trinajstić information content (AvgIpc) is 1.88. The summed E-state index contributed by atoms with van der Waals surface area (Å²) in [5, 5.41) is 0. The van der Waals surface area contributed by atoms with E-state index in [1.165, 1.54) is 0 Å². The molecular formula is C6H9BrCl2N2. The van der Waals surface area contributed by atoms with Crippen molar-refractivity contribution in [1.82, 2.24) is 4.98 Å². The molecule has 1 heterocycles. The molecule has 2 nitrogen and oxygen atoms in total. The molecule has 0 aliphatic carbocycles. The first kappa shape index (κ1) is 13.7. The van der Waals surface area contributed by atoms with Crippen molar-refractivity contribution in [2.45, 2.75) is 6.54 Å². The van der Waals surface area contributed by atoms with Crippen LogP contribution in [-0.2, 0) is 6.54 Å². The van der Waals surface area contributed by atoms with Gasteiger partial charge in [0.05, 0.1) is 5.69 Å². The third-order valence-electron chi connectivity index (χ3n) is 0.988. The smallest absolute Gasteiger partial charge is 0.0550 e. The summed E-state index contributed by atoms with van der Waals surface area (Å²) in [5.74, 6) is 0. The number of nitrogens with zero attached hydrogens (tertiary/aromatic N) is 1. The monoisotopic (exact) mass is 258 g/mol. The van der Waals surface area contributed by atoms with Gasteiger partial charge in [-0.3, -0.25) is 4.98 Å². The molecule has 5 heteroatoms. The predicted octanol–water partition coefficient (Wildman–Crippen LogP) is 2.15. The lowest BCUT2D eigenvalue weighted by Gasteiger charge is -1.93. The quantitative estimate of drug-likeness (QED) is 0.840. The van der Waals surface area contributed by atoms with Crippen molar-refractivity contribution in [2.24, 2.45) is 5.73 Å². The van der Waals surface area contributed by atoms with Gasteiger partial charge in [-0.1, -0.05) is 15.9 Å². The van der Waals surface area contributed by atoms with Crippen molar-refractivity contribution in [3.05, 3.63) is 28.5 Å². The van der Waals surface area contributed by atoms with Crippen LogP contribution in [0.4, 0.5) is 0 Å². The minimum Gasteiger partial charge on any atom is -0.325 e. The maximum atomic E-state index is 5.34. The number of hydrogen-bond donors (Lipinski definition) is 1. The Morgan fingerprint density at radius 2 is 2.09 bits per heavy atom. The van der Waals surface area contributed by atoms with E-state index in [1.807, 2.05) is 12.1 Å². The second-order valence-electron chi connectivity index (χ2n) is 1.67. The van der Waals surface area contributed by atoms with Crippen LogP contribution < -0.4 is 5.73 Å². The lowest BCUT2D eigenvalue weighted by Crippen LogP contribution is -1.97. The molecule has 1 aromatic heterocycles. The van der Waals surface area contributed by atoms with Crippen LogP contribution in [0.25, 0.3) is 0 Å². The SMILES string of the molecule is Cl.Cl.NCc1cc(Br)ccn1. The molecule has 0 fully saturated rings. The molecule has 0 atom stereocenters. The second kappa shape index (κ2) is 6.85. The Hall–Kier alpha value is 0.170. The fourth-order valence-electron chi connectivity index (χ4n) is 0.560. The molecule has 0 radical (unpaired) electrons. The molecular weight excluding hydrogens is 251 g/mol. The Bertz CT molecular complexity index is 208. The largest absolute Gasteiger partial charge is 0.325 e. The Balaban J connectivity index is 0. The van der Waals surface area contributed by atoms with Crippen LogP contribution in [0, 0.1) is 0 Å². The lowest BCUT2D eigenvalue weighted by molar-refractivity contribution is 0.987. The summed E-state index contributed by atoms with van der Waals surface area (Å²) >= 11 is 3.31. The van der Waals surface area contributed by atoms with Gasteiger partial charge in [0, 0.05) is 17.2 Å². The number of pyridine rings is 1. The van der Waals surface area contributed by atoms with Crippen LogP contribution in [0.3, 0.4) is 0 Å². The van der Waals surface area contributed by atoms with Gasteiger partial charge >= 0.3 is 0 Å². The first-order chi connectivity index (χ1) is 4.33. The highest BCUT2D eigenvalue weighted by atomic mass is 79.9. The molecule has 0 amide bonds. The Kier molecular flexibility index (Phi) is 8.56. The van der Waals surface area contributed by atoms with Crippen molar-refractivity contribution in [2.75, 3.05) is 0 Å². The fourth-order valence-corrected chi connectivity index (χ4v) is 0.943. The Labute approximate surface area is 86.5 Å². The lowest BCUT2D eigenvalue weighted by atomic mass is 10.4. The highest BCUT2D eigenvalue weighted by Gasteiger charge is 1.88. The molecule has 1 aromatic rings. The van der Waals surface area contributed by atoms with Crippen molar-refractivity contribution in [3.8, 4) is 0 Å². The number of nitrogens with two attached hydrogens (primary N) is 1. The summed E-state index contributed by atoms with van der Waals surface area (Å²) in [4.78, 5) is 4.00. The maximum absolute atomic E-state index is 5.34. The zero-order chi connectivity index (χ0) is 6.69. The average molecular weight is 260 g/mol. The van der Waals surface area contributed by atoms with Gasteiger partial charge < -0.3 is 5.73 Å². The highest BCUT2D eigenvalue weighted by Crippen LogP contribution is 2.07. The molecule has 0 saturated carbocycles. The van der Waals surface area contributed by atoms with E-state index in [0.717, 1.165) is 10.2 Å². The summed E-state index contributed by atoms with van der Waals surface area (Å²) in [5.41, 5.74) is 6.24. The maximum Gasteiger partial charge on any atom is 0.0550 e. The Morgan fingerprint density at radius 1 is 1.45 bits per heavy atom. The summed E-state index contributed by atoms with van der Waals surface area (Å²) in [6.07, 6.45) is 1.73. The summed E-state index contributed by atoms with van der Waals surface area (Å²) in [6, 6.07) is 3.78. The van der Waals surface area contributed by atoms with Gasteiger partial charge in [-0.2, -0.15) is 0 Å². The van der Waals surface area contributed by atoms with E-state index in [2.05, 4.69) is 20.9 Å². The number of rotatable bonds is 1. The molecule has 0 saturated heterocycles. The number of halogens is 3. The zero-order valence-corrected chi connectivity index (χ0v) is 8.88. The minimum atomic E-state index is 0. The van der Waals surface area contributed by atoms with E-state index in [9.17, 15) is 0 Å². The van der Waals surface area contributed by atoms with Crippen molar-refractivity contribution < 1.29 is 0 Å². The van der Waals surface area contributed by atoms with Crippen molar-refractivity contribution in [3.63, 3.8) is 0 Å². The van der Waals surface area contributed by atoms with Crippen LogP contribution in [0.15, 0.2) is 22.8 Å². The predicted molar refractivity (Wildman–Crippen MR) is 54.3 cm³/mol. The molecule has 0 spiro atoms. The van der Waals surface area contributed by atoms with Gasteiger partial charge in [-0.05, 0) is 12.1 Å². The van der Waals surface area contributed by atoms with Crippen LogP contribution in [0.1, 0.15) is 5.69 Å². The van der Waals surface area contributed by atoms with Gasteiger partial charge in [0.15, 0.2) is 0 Å². The third-order valence-corrected chi connectivity index (χ3v) is 1.48. The van der Waals surface area contributed by atoms with E-state index >= 15 is 0 Å². The van der Waals surface area contributed by atoms with Crippen molar-refractivity contribution in [1.29, 1.82) is 0 Å². The van der Waals surface area contributed by atoms with E-state index in [0.29, 0.717) is 6.54 Å². The molecule has 0 unspecified atom stereocenters. The molecule has 2 N–H and O–H groups in total.